The van der Waals surface area contributed by atoms with Crippen LogP contribution in [0.15, 0.2) is 0 Å². The van der Waals surface area contributed by atoms with Crippen molar-refractivity contribution in [3.05, 3.63) is 0 Å². The van der Waals surface area contributed by atoms with Crippen LogP contribution in [-0.4, -0.2) is 41.0 Å². The zero-order valence-corrected chi connectivity index (χ0v) is 8.64. The van der Waals surface area contributed by atoms with E-state index >= 15 is 0 Å². The van der Waals surface area contributed by atoms with Gasteiger partial charge in [-0.1, -0.05) is 0 Å². The van der Waals surface area contributed by atoms with E-state index in [1.807, 2.05) is 0 Å². The zero-order valence-electron chi connectivity index (χ0n) is 8.64. The number of ether oxygens (including phenoxy) is 1. The Balaban J connectivity index is 1.81. The molecule has 0 aromatic rings. The maximum Gasteiger partial charge on any atom is 0.331 e. The quantitative estimate of drug-likeness (QED) is 0.624. The van der Waals surface area contributed by atoms with Crippen molar-refractivity contribution in [2.45, 2.75) is 43.9 Å². The normalized spacial score (nSPS) is 38.1. The fourth-order valence-electron chi connectivity index (χ4n) is 2.78. The molecule has 3 unspecified atom stereocenters. The van der Waals surface area contributed by atoms with Crippen molar-refractivity contribution in [3.8, 4) is 0 Å². The van der Waals surface area contributed by atoms with E-state index in [0.29, 0.717) is 6.42 Å². The molecule has 1 N–H and O–H groups in total. The van der Waals surface area contributed by atoms with Crippen LogP contribution in [0.2, 0.25) is 0 Å². The summed E-state index contributed by atoms with van der Waals surface area (Å²) in [4.78, 5) is 35.4. The number of carbonyl (C=O) groups excluding carboxylic acids is 3. The van der Waals surface area contributed by atoms with Crippen LogP contribution in [0.3, 0.4) is 0 Å². The molecular weight excluding hydrogens is 212 g/mol. The monoisotopic (exact) mass is 224 g/mol. The average Bonchev–Trinajstić information content (AvgIpc) is 2.77. The molecule has 3 fully saturated rings. The number of nitrogens with one attached hydrogen (secondary N) is 1. The number of hydrogen-bond donors (Lipinski definition) is 1. The van der Waals surface area contributed by atoms with Crippen molar-refractivity contribution in [1.29, 1.82) is 0 Å². The third kappa shape index (κ3) is 1.33. The molecule has 6 heteroatoms. The molecule has 3 heterocycles. The second-order valence-corrected chi connectivity index (χ2v) is 4.47. The van der Waals surface area contributed by atoms with Gasteiger partial charge >= 0.3 is 6.03 Å². The van der Waals surface area contributed by atoms with Gasteiger partial charge in [0.25, 0.3) is 0 Å². The van der Waals surface area contributed by atoms with E-state index in [2.05, 4.69) is 5.32 Å². The predicted molar refractivity (Wildman–Crippen MR) is 51.3 cm³/mol. The molecule has 0 aromatic carbocycles. The Bertz CT molecular complexity index is 361. The number of carbonyl (C=O) groups is 3. The van der Waals surface area contributed by atoms with Crippen LogP contribution in [0.1, 0.15) is 25.7 Å². The van der Waals surface area contributed by atoms with Crippen LogP contribution in [0.4, 0.5) is 4.79 Å². The minimum Gasteiger partial charge on any atom is -0.373 e. The number of imide groups is 2. The van der Waals surface area contributed by atoms with Gasteiger partial charge in [-0.2, -0.15) is 0 Å². The number of fused-ring (bicyclic) bond motifs is 2. The molecule has 4 amide bonds. The Morgan fingerprint density at radius 3 is 2.62 bits per heavy atom. The number of nitrogens with zero attached hydrogens (tertiary/aromatic N) is 1. The summed E-state index contributed by atoms with van der Waals surface area (Å²) < 4.78 is 5.60. The lowest BCUT2D eigenvalue weighted by Gasteiger charge is -2.33. The van der Waals surface area contributed by atoms with Gasteiger partial charge in [-0.25, -0.2) is 4.79 Å². The fraction of sp³-hybridized carbons (Fsp3) is 0.700. The number of barbiturate groups is 1. The Labute approximate surface area is 91.9 Å². The minimum absolute atomic E-state index is 0.0343. The van der Waals surface area contributed by atoms with Crippen LogP contribution in [-0.2, 0) is 14.3 Å². The average molecular weight is 224 g/mol. The summed E-state index contributed by atoms with van der Waals surface area (Å²) in [5, 5.41) is 2.17. The summed E-state index contributed by atoms with van der Waals surface area (Å²) in [5.74, 6) is -0.926. The summed E-state index contributed by atoms with van der Waals surface area (Å²) >= 11 is 0. The summed E-state index contributed by atoms with van der Waals surface area (Å²) in [6.45, 7) is 0. The molecule has 3 atom stereocenters. The van der Waals surface area contributed by atoms with Gasteiger partial charge in [0.1, 0.15) is 6.42 Å². The molecule has 0 aromatic heterocycles. The molecule has 16 heavy (non-hydrogen) atoms. The fourth-order valence-corrected chi connectivity index (χ4v) is 2.78. The van der Waals surface area contributed by atoms with E-state index in [1.54, 1.807) is 0 Å². The molecule has 86 valence electrons. The molecule has 3 aliphatic heterocycles. The largest absolute Gasteiger partial charge is 0.373 e. The highest BCUT2D eigenvalue weighted by molar-refractivity contribution is 6.14. The Morgan fingerprint density at radius 2 is 2.06 bits per heavy atom. The van der Waals surface area contributed by atoms with Gasteiger partial charge in [0.15, 0.2) is 0 Å². The van der Waals surface area contributed by atoms with Gasteiger partial charge in [0.2, 0.25) is 11.8 Å². The minimum atomic E-state index is -0.595. The summed E-state index contributed by atoms with van der Waals surface area (Å²) in [5.41, 5.74) is 0. The first kappa shape index (κ1) is 9.77. The molecule has 3 rings (SSSR count). The Kier molecular flexibility index (Phi) is 2.00. The second kappa shape index (κ2) is 3.28. The lowest BCUT2D eigenvalue weighted by Crippen LogP contribution is -2.58. The SMILES string of the molecule is O=C1CC(=O)N(C2CC3CCC2O3)C(=O)N1. The van der Waals surface area contributed by atoms with Crippen molar-refractivity contribution in [1.82, 2.24) is 10.2 Å². The molecule has 0 aliphatic carbocycles. The molecule has 0 saturated carbocycles. The van der Waals surface area contributed by atoms with Gasteiger partial charge in [-0.05, 0) is 19.3 Å². The lowest BCUT2D eigenvalue weighted by molar-refractivity contribution is -0.138. The maximum absolute atomic E-state index is 11.7. The summed E-state index contributed by atoms with van der Waals surface area (Å²) in [7, 11) is 0. The Morgan fingerprint density at radius 1 is 1.25 bits per heavy atom. The third-order valence-corrected chi connectivity index (χ3v) is 3.45. The van der Waals surface area contributed by atoms with E-state index in [9.17, 15) is 14.4 Å². The third-order valence-electron chi connectivity index (χ3n) is 3.45. The van der Waals surface area contributed by atoms with Gasteiger partial charge < -0.3 is 4.74 Å². The van der Waals surface area contributed by atoms with E-state index < -0.39 is 17.8 Å². The topological polar surface area (TPSA) is 75.7 Å². The smallest absolute Gasteiger partial charge is 0.331 e. The van der Waals surface area contributed by atoms with Crippen LogP contribution in [0.5, 0.6) is 0 Å². The maximum atomic E-state index is 11.7. The van der Waals surface area contributed by atoms with Gasteiger partial charge in [0, 0.05) is 0 Å². The first-order valence-electron chi connectivity index (χ1n) is 5.46. The number of hydrogen-bond acceptors (Lipinski definition) is 4. The van der Waals surface area contributed by atoms with Crippen molar-refractivity contribution in [3.63, 3.8) is 0 Å². The van der Waals surface area contributed by atoms with E-state index in [0.717, 1.165) is 12.8 Å². The standard InChI is InChI=1S/C10H12N2O4/c13-8-4-9(14)12(10(15)11-8)6-3-5-1-2-7(6)16-5/h5-7H,1-4H2,(H,11,13,15). The van der Waals surface area contributed by atoms with Crippen LogP contribution >= 0.6 is 0 Å². The van der Waals surface area contributed by atoms with Crippen LogP contribution in [0.25, 0.3) is 0 Å². The first-order valence-corrected chi connectivity index (χ1v) is 5.46. The molecule has 6 nitrogen and oxygen atoms in total. The second-order valence-electron chi connectivity index (χ2n) is 4.47. The van der Waals surface area contributed by atoms with Crippen molar-refractivity contribution >= 4 is 17.8 Å². The van der Waals surface area contributed by atoms with Gasteiger partial charge in [-0.3, -0.25) is 19.8 Å². The van der Waals surface area contributed by atoms with E-state index in [4.69, 9.17) is 4.74 Å². The highest BCUT2D eigenvalue weighted by Crippen LogP contribution is 2.37. The Hall–Kier alpha value is -1.43. The molecule has 0 radical (unpaired) electrons. The van der Waals surface area contributed by atoms with E-state index in [1.165, 1.54) is 4.90 Å². The van der Waals surface area contributed by atoms with Crippen LogP contribution in [0, 0.1) is 0 Å². The number of rotatable bonds is 1. The van der Waals surface area contributed by atoms with Crippen molar-refractivity contribution < 1.29 is 19.1 Å². The molecule has 3 aliphatic rings. The van der Waals surface area contributed by atoms with Crippen LogP contribution < -0.4 is 5.32 Å². The highest BCUT2D eigenvalue weighted by Gasteiger charge is 2.48. The van der Waals surface area contributed by atoms with Gasteiger partial charge in [0.05, 0.1) is 18.2 Å². The van der Waals surface area contributed by atoms with Gasteiger partial charge in [-0.15, -0.1) is 0 Å². The lowest BCUT2D eigenvalue weighted by atomic mass is 9.94. The van der Waals surface area contributed by atoms with Crippen molar-refractivity contribution in [2.75, 3.05) is 0 Å². The molecular formula is C10H12N2O4. The molecule has 0 spiro atoms. The summed E-state index contributed by atoms with van der Waals surface area (Å²) in [6, 6.07) is -0.776. The highest BCUT2D eigenvalue weighted by atomic mass is 16.5. The predicted octanol–water partition coefficient (Wildman–Crippen LogP) is -0.225. The number of urea groups is 1. The molecule has 3 saturated heterocycles. The first-order chi connectivity index (χ1) is 7.65. The molecule has 2 bridgehead atoms. The van der Waals surface area contributed by atoms with E-state index in [-0.39, 0.29) is 24.7 Å². The zero-order chi connectivity index (χ0) is 11.3. The van der Waals surface area contributed by atoms with Crippen molar-refractivity contribution in [2.24, 2.45) is 0 Å². The summed E-state index contributed by atoms with van der Waals surface area (Å²) in [6.07, 6.45) is 2.50. The number of amides is 4.